The van der Waals surface area contributed by atoms with Gasteiger partial charge in [-0.2, -0.15) is 0 Å². The fraction of sp³-hybridized carbons (Fsp3) is 1.00. The van der Waals surface area contributed by atoms with Crippen LogP contribution in [0.25, 0.3) is 0 Å². The molecule has 21 heavy (non-hydrogen) atoms. The lowest BCUT2D eigenvalue weighted by Crippen LogP contribution is -2.46. The van der Waals surface area contributed by atoms with E-state index in [4.69, 9.17) is 9.47 Å². The molecule has 1 aliphatic rings. The van der Waals surface area contributed by atoms with Crippen LogP contribution in [0.4, 0.5) is 0 Å². The van der Waals surface area contributed by atoms with Crippen LogP contribution in [0.3, 0.4) is 0 Å². The highest BCUT2D eigenvalue weighted by molar-refractivity contribution is 4.89. The number of unbranched alkanes of at least 4 members (excludes halogenated alkanes) is 1. The number of rotatable bonds is 12. The van der Waals surface area contributed by atoms with Gasteiger partial charge in [-0.3, -0.25) is 0 Å². The van der Waals surface area contributed by atoms with Crippen molar-refractivity contribution in [2.24, 2.45) is 5.92 Å². The molecule has 3 heteroatoms. The van der Waals surface area contributed by atoms with Crippen molar-refractivity contribution < 1.29 is 9.47 Å². The zero-order valence-electron chi connectivity index (χ0n) is 14.6. The normalized spacial score (nSPS) is 26.1. The Hall–Kier alpha value is -0.120. The van der Waals surface area contributed by atoms with E-state index >= 15 is 0 Å². The quantitative estimate of drug-likeness (QED) is 0.549. The number of hydrogen-bond donors (Lipinski definition) is 1. The van der Waals surface area contributed by atoms with E-state index in [1.807, 2.05) is 0 Å². The highest BCUT2D eigenvalue weighted by Gasteiger charge is 2.35. The van der Waals surface area contributed by atoms with Crippen molar-refractivity contribution in [3.05, 3.63) is 0 Å². The van der Waals surface area contributed by atoms with Crippen molar-refractivity contribution >= 4 is 0 Å². The molecule has 1 rings (SSSR count). The Balaban J connectivity index is 2.30. The first-order valence-corrected chi connectivity index (χ1v) is 9.18. The maximum Gasteiger partial charge on any atom is 0.0807 e. The maximum absolute atomic E-state index is 6.30. The highest BCUT2D eigenvalue weighted by Crippen LogP contribution is 2.35. The summed E-state index contributed by atoms with van der Waals surface area (Å²) in [6.45, 7) is 11.2. The van der Waals surface area contributed by atoms with Gasteiger partial charge in [0.1, 0.15) is 0 Å². The van der Waals surface area contributed by atoms with E-state index in [0.717, 1.165) is 45.2 Å². The van der Waals surface area contributed by atoms with E-state index in [2.05, 4.69) is 26.1 Å². The van der Waals surface area contributed by atoms with Crippen LogP contribution >= 0.6 is 0 Å². The van der Waals surface area contributed by atoms with Crippen LogP contribution < -0.4 is 5.32 Å². The van der Waals surface area contributed by atoms with Crippen molar-refractivity contribution in [1.82, 2.24) is 5.32 Å². The Bertz CT molecular complexity index is 232. The van der Waals surface area contributed by atoms with Gasteiger partial charge in [-0.1, -0.05) is 33.6 Å². The third kappa shape index (κ3) is 7.62. The second-order valence-electron chi connectivity index (χ2n) is 6.53. The third-order valence-corrected chi connectivity index (χ3v) is 4.75. The fourth-order valence-electron chi connectivity index (χ4n) is 3.14. The van der Waals surface area contributed by atoms with Crippen molar-refractivity contribution in [1.29, 1.82) is 0 Å². The van der Waals surface area contributed by atoms with Gasteiger partial charge in [0.2, 0.25) is 0 Å². The molecule has 0 aromatic rings. The molecule has 0 unspecified atom stereocenters. The van der Waals surface area contributed by atoms with Crippen molar-refractivity contribution in [3.63, 3.8) is 0 Å². The van der Waals surface area contributed by atoms with Crippen LogP contribution in [0.2, 0.25) is 0 Å². The first kappa shape index (κ1) is 18.9. The number of ether oxygens (including phenoxy) is 2. The number of hydrogen-bond acceptors (Lipinski definition) is 3. The molecule has 0 spiro atoms. The van der Waals surface area contributed by atoms with E-state index in [-0.39, 0.29) is 5.60 Å². The van der Waals surface area contributed by atoms with Gasteiger partial charge in [-0.05, 0) is 51.0 Å². The summed E-state index contributed by atoms with van der Waals surface area (Å²) in [6.07, 6.45) is 9.91. The molecule has 0 aliphatic heterocycles. The van der Waals surface area contributed by atoms with E-state index in [9.17, 15) is 0 Å². The van der Waals surface area contributed by atoms with E-state index in [0.29, 0.717) is 0 Å². The summed E-state index contributed by atoms with van der Waals surface area (Å²) in [4.78, 5) is 0. The van der Waals surface area contributed by atoms with E-state index < -0.39 is 0 Å². The molecule has 0 aromatic carbocycles. The molecule has 1 saturated carbocycles. The van der Waals surface area contributed by atoms with Crippen LogP contribution in [-0.2, 0) is 9.47 Å². The molecule has 0 heterocycles. The third-order valence-electron chi connectivity index (χ3n) is 4.75. The topological polar surface area (TPSA) is 30.5 Å². The van der Waals surface area contributed by atoms with Gasteiger partial charge in [0.05, 0.1) is 18.8 Å². The largest absolute Gasteiger partial charge is 0.379 e. The van der Waals surface area contributed by atoms with Crippen LogP contribution in [0.5, 0.6) is 0 Å². The molecule has 1 N–H and O–H groups in total. The second kappa shape index (κ2) is 11.4. The summed E-state index contributed by atoms with van der Waals surface area (Å²) in [7, 11) is 0. The molecular weight excluding hydrogens is 262 g/mol. The molecule has 1 aliphatic carbocycles. The van der Waals surface area contributed by atoms with Gasteiger partial charge in [0, 0.05) is 13.2 Å². The Labute approximate surface area is 132 Å². The molecule has 1 fully saturated rings. The molecule has 0 amide bonds. The molecule has 0 aromatic heterocycles. The summed E-state index contributed by atoms with van der Waals surface area (Å²) in [5.74, 6) is 0.911. The van der Waals surface area contributed by atoms with Crippen LogP contribution in [-0.4, -0.2) is 38.5 Å². The summed E-state index contributed by atoms with van der Waals surface area (Å²) >= 11 is 0. The average molecular weight is 299 g/mol. The smallest absolute Gasteiger partial charge is 0.0807 e. The van der Waals surface area contributed by atoms with Crippen molar-refractivity contribution in [3.8, 4) is 0 Å². The van der Waals surface area contributed by atoms with Gasteiger partial charge in [-0.15, -0.1) is 0 Å². The van der Waals surface area contributed by atoms with Gasteiger partial charge in [0.25, 0.3) is 0 Å². The van der Waals surface area contributed by atoms with E-state index in [1.54, 1.807) is 0 Å². The summed E-state index contributed by atoms with van der Waals surface area (Å²) < 4.78 is 11.9. The molecule has 0 atom stereocenters. The summed E-state index contributed by atoms with van der Waals surface area (Å²) in [5.41, 5.74) is 0.0644. The first-order valence-electron chi connectivity index (χ1n) is 9.18. The summed E-state index contributed by atoms with van der Waals surface area (Å²) in [5, 5.41) is 3.57. The van der Waals surface area contributed by atoms with Gasteiger partial charge < -0.3 is 14.8 Å². The van der Waals surface area contributed by atoms with Crippen LogP contribution in [0.15, 0.2) is 0 Å². The van der Waals surface area contributed by atoms with Crippen LogP contribution in [0.1, 0.15) is 72.1 Å². The molecule has 3 nitrogen and oxygen atoms in total. The predicted molar refractivity (Wildman–Crippen MR) is 89.8 cm³/mol. The Morgan fingerprint density at radius 1 is 1.00 bits per heavy atom. The summed E-state index contributed by atoms with van der Waals surface area (Å²) in [6, 6.07) is 0. The van der Waals surface area contributed by atoms with Crippen molar-refractivity contribution in [2.45, 2.75) is 77.7 Å². The Kier molecular flexibility index (Phi) is 10.3. The Morgan fingerprint density at radius 3 is 2.38 bits per heavy atom. The Morgan fingerprint density at radius 2 is 1.76 bits per heavy atom. The lowest BCUT2D eigenvalue weighted by Gasteiger charge is -2.40. The predicted octanol–water partition coefficient (Wildman–Crippen LogP) is 4.16. The lowest BCUT2D eigenvalue weighted by molar-refractivity contribution is -0.0927. The van der Waals surface area contributed by atoms with E-state index in [1.165, 1.54) is 44.9 Å². The maximum atomic E-state index is 6.30. The van der Waals surface area contributed by atoms with Gasteiger partial charge >= 0.3 is 0 Å². The second-order valence-corrected chi connectivity index (χ2v) is 6.53. The molecule has 126 valence electrons. The number of nitrogens with one attached hydrogen (secondary N) is 1. The minimum Gasteiger partial charge on any atom is -0.379 e. The minimum atomic E-state index is 0.0644. The zero-order chi connectivity index (χ0) is 15.4. The highest BCUT2D eigenvalue weighted by atomic mass is 16.5. The lowest BCUT2D eigenvalue weighted by atomic mass is 9.77. The first-order chi connectivity index (χ1) is 10.3. The molecule has 0 saturated heterocycles. The van der Waals surface area contributed by atoms with Gasteiger partial charge in [-0.25, -0.2) is 0 Å². The standard InChI is InChI=1S/C18H37NO2/c1-4-7-13-20-14-15-21-18(16-19-12-5-2)10-8-17(6-3)9-11-18/h17,19H,4-16H2,1-3H3. The van der Waals surface area contributed by atoms with Crippen molar-refractivity contribution in [2.75, 3.05) is 32.9 Å². The fourth-order valence-corrected chi connectivity index (χ4v) is 3.14. The van der Waals surface area contributed by atoms with Crippen LogP contribution in [0, 0.1) is 5.92 Å². The monoisotopic (exact) mass is 299 g/mol. The average Bonchev–Trinajstić information content (AvgIpc) is 2.52. The molecule has 0 radical (unpaired) electrons. The SMILES string of the molecule is CCCCOCCOC1(CNCCC)CCC(CC)CC1. The minimum absolute atomic E-state index is 0.0644. The zero-order valence-corrected chi connectivity index (χ0v) is 14.6. The molecule has 0 bridgehead atoms. The van der Waals surface area contributed by atoms with Gasteiger partial charge in [0.15, 0.2) is 0 Å². The molecular formula is C18H37NO2.